The molecule has 0 spiro atoms. The van der Waals surface area contributed by atoms with Crippen LogP contribution >= 0.6 is 11.6 Å². The lowest BCUT2D eigenvalue weighted by Crippen LogP contribution is -2.33. The number of carbonyl (C=O) groups excluding carboxylic acids is 1. The summed E-state index contributed by atoms with van der Waals surface area (Å²) >= 11 is 6.23. The zero-order valence-electron chi connectivity index (χ0n) is 13.3. The van der Waals surface area contributed by atoms with Gasteiger partial charge in [-0.3, -0.25) is 4.79 Å². The second-order valence-corrected chi connectivity index (χ2v) is 7.12. The highest BCUT2D eigenvalue weighted by atomic mass is 35.5. The van der Waals surface area contributed by atoms with Crippen molar-refractivity contribution < 1.29 is 14.6 Å². The van der Waals surface area contributed by atoms with Crippen molar-refractivity contribution in [3.8, 4) is 5.75 Å². The number of halogens is 1. The fourth-order valence-corrected chi connectivity index (χ4v) is 3.47. The number of carbonyl (C=O) groups is 1. The molecule has 4 nitrogen and oxygen atoms in total. The number of ether oxygens (including phenoxy) is 1. The zero-order valence-corrected chi connectivity index (χ0v) is 14.0. The second-order valence-electron chi connectivity index (χ2n) is 6.71. The monoisotopic (exact) mass is 337 g/mol. The van der Waals surface area contributed by atoms with E-state index in [4.69, 9.17) is 16.3 Å². The predicted octanol–water partition coefficient (Wildman–Crippen LogP) is 3.55. The number of benzene rings is 1. The van der Waals surface area contributed by atoms with Crippen LogP contribution in [-0.4, -0.2) is 29.8 Å². The minimum absolute atomic E-state index is 0.162. The Bertz CT molecular complexity index is 559. The van der Waals surface area contributed by atoms with Crippen molar-refractivity contribution in [3.63, 3.8) is 0 Å². The average Bonchev–Trinajstić information content (AvgIpc) is 2.49. The highest BCUT2D eigenvalue weighted by molar-refractivity contribution is 6.34. The topological polar surface area (TPSA) is 58.6 Å². The highest BCUT2D eigenvalue weighted by Gasteiger charge is 2.22. The third-order valence-electron chi connectivity index (χ3n) is 4.85. The minimum Gasteiger partial charge on any atom is -0.490 e. The lowest BCUT2D eigenvalue weighted by molar-refractivity contribution is 0.0873. The molecule has 0 bridgehead atoms. The first kappa shape index (κ1) is 16.6. The first-order valence-corrected chi connectivity index (χ1v) is 8.92. The average molecular weight is 338 g/mol. The van der Waals surface area contributed by atoms with E-state index in [0.717, 1.165) is 44.3 Å². The van der Waals surface area contributed by atoms with Gasteiger partial charge in [0.1, 0.15) is 5.75 Å². The Balaban J connectivity index is 1.54. The number of rotatable bonds is 5. The van der Waals surface area contributed by atoms with Crippen LogP contribution in [0.25, 0.3) is 0 Å². The van der Waals surface area contributed by atoms with Crippen molar-refractivity contribution in [3.05, 3.63) is 28.8 Å². The van der Waals surface area contributed by atoms with Crippen LogP contribution in [-0.2, 0) is 0 Å². The first-order chi connectivity index (χ1) is 11.1. The van der Waals surface area contributed by atoms with Gasteiger partial charge in [0.2, 0.25) is 0 Å². The summed E-state index contributed by atoms with van der Waals surface area (Å²) < 4.78 is 5.79. The van der Waals surface area contributed by atoms with E-state index >= 15 is 0 Å². The molecule has 0 saturated heterocycles. The molecule has 2 unspecified atom stereocenters. The van der Waals surface area contributed by atoms with E-state index in [1.165, 1.54) is 6.42 Å². The molecule has 1 aromatic rings. The Kier molecular flexibility index (Phi) is 5.44. The van der Waals surface area contributed by atoms with Crippen LogP contribution in [0.2, 0.25) is 5.02 Å². The highest BCUT2D eigenvalue weighted by Crippen LogP contribution is 2.29. The van der Waals surface area contributed by atoms with Crippen molar-refractivity contribution >= 4 is 17.5 Å². The van der Waals surface area contributed by atoms with Crippen molar-refractivity contribution in [1.82, 2.24) is 5.32 Å². The Morgan fingerprint density at radius 1 is 1.26 bits per heavy atom. The number of hydrogen-bond donors (Lipinski definition) is 2. The molecule has 1 aromatic carbocycles. The van der Waals surface area contributed by atoms with E-state index in [1.54, 1.807) is 12.1 Å². The smallest absolute Gasteiger partial charge is 0.252 e. The summed E-state index contributed by atoms with van der Waals surface area (Å²) in [5.74, 6) is 0.916. The van der Waals surface area contributed by atoms with Gasteiger partial charge in [-0.25, -0.2) is 0 Å². The molecular weight excluding hydrogens is 314 g/mol. The van der Waals surface area contributed by atoms with Gasteiger partial charge < -0.3 is 15.2 Å². The molecule has 0 aliphatic heterocycles. The van der Waals surface area contributed by atoms with Gasteiger partial charge >= 0.3 is 0 Å². The van der Waals surface area contributed by atoms with Gasteiger partial charge in [-0.05, 0) is 62.6 Å². The molecule has 5 heteroatoms. The number of hydrogen-bond acceptors (Lipinski definition) is 3. The molecule has 23 heavy (non-hydrogen) atoms. The van der Waals surface area contributed by atoms with E-state index in [-0.39, 0.29) is 12.0 Å². The van der Waals surface area contributed by atoms with E-state index in [0.29, 0.717) is 29.2 Å². The van der Waals surface area contributed by atoms with Gasteiger partial charge in [-0.1, -0.05) is 18.0 Å². The number of amides is 1. The number of aliphatic hydroxyl groups is 1. The number of aliphatic hydroxyl groups excluding tert-OH is 1. The molecular formula is C18H24ClNO3. The number of nitrogens with one attached hydrogen (secondary N) is 1. The molecule has 0 aromatic heterocycles. The minimum atomic E-state index is -0.225. The van der Waals surface area contributed by atoms with E-state index in [9.17, 15) is 9.90 Å². The molecule has 2 N–H and O–H groups in total. The SMILES string of the molecule is O=C(NCC1CCCC(O)C1)c1ccc(OC2CCC2)cc1Cl. The summed E-state index contributed by atoms with van der Waals surface area (Å²) in [5.41, 5.74) is 0.476. The van der Waals surface area contributed by atoms with Crippen LogP contribution in [0, 0.1) is 5.92 Å². The Morgan fingerprint density at radius 2 is 2.04 bits per heavy atom. The summed E-state index contributed by atoms with van der Waals surface area (Å²) in [5, 5.41) is 13.0. The molecule has 1 amide bonds. The molecule has 2 aliphatic rings. The summed E-state index contributed by atoms with van der Waals surface area (Å²) in [6, 6.07) is 5.25. The predicted molar refractivity (Wildman–Crippen MR) is 90.0 cm³/mol. The van der Waals surface area contributed by atoms with Crippen LogP contribution in [0.3, 0.4) is 0 Å². The van der Waals surface area contributed by atoms with Crippen molar-refractivity contribution in [1.29, 1.82) is 0 Å². The van der Waals surface area contributed by atoms with Crippen LogP contribution in [0.4, 0.5) is 0 Å². The lowest BCUT2D eigenvalue weighted by Gasteiger charge is -2.27. The van der Waals surface area contributed by atoms with Crippen molar-refractivity contribution in [2.75, 3.05) is 6.54 Å². The molecule has 0 heterocycles. The standard InChI is InChI=1S/C18H24ClNO3/c19-17-10-15(23-14-5-2-6-14)7-8-16(17)18(22)20-11-12-3-1-4-13(21)9-12/h7-8,10,12-14,21H,1-6,9,11H2,(H,20,22). The maximum atomic E-state index is 12.3. The van der Waals surface area contributed by atoms with Gasteiger partial charge in [0, 0.05) is 6.54 Å². The Labute approximate surface area is 142 Å². The third kappa shape index (κ3) is 4.39. The third-order valence-corrected chi connectivity index (χ3v) is 5.16. The van der Waals surface area contributed by atoms with Gasteiger partial charge in [0.15, 0.2) is 0 Å². The summed E-state index contributed by atoms with van der Waals surface area (Å²) in [6.45, 7) is 0.590. The fraction of sp³-hybridized carbons (Fsp3) is 0.611. The Morgan fingerprint density at radius 3 is 2.70 bits per heavy atom. The molecule has 0 radical (unpaired) electrons. The van der Waals surface area contributed by atoms with Crippen LogP contribution in [0.15, 0.2) is 18.2 Å². The van der Waals surface area contributed by atoms with Gasteiger partial charge in [-0.2, -0.15) is 0 Å². The van der Waals surface area contributed by atoms with Crippen LogP contribution in [0.5, 0.6) is 5.75 Å². The fourth-order valence-electron chi connectivity index (χ4n) is 3.21. The van der Waals surface area contributed by atoms with Gasteiger partial charge in [0.25, 0.3) is 5.91 Å². The zero-order chi connectivity index (χ0) is 16.2. The van der Waals surface area contributed by atoms with Crippen LogP contribution in [0.1, 0.15) is 55.3 Å². The quantitative estimate of drug-likeness (QED) is 0.863. The van der Waals surface area contributed by atoms with Crippen LogP contribution < -0.4 is 10.1 Å². The maximum absolute atomic E-state index is 12.3. The summed E-state index contributed by atoms with van der Waals surface area (Å²) in [7, 11) is 0. The second kappa shape index (κ2) is 7.54. The summed E-state index contributed by atoms with van der Waals surface area (Å²) in [4.78, 5) is 12.3. The van der Waals surface area contributed by atoms with Crippen molar-refractivity contribution in [2.24, 2.45) is 5.92 Å². The van der Waals surface area contributed by atoms with E-state index in [2.05, 4.69) is 5.32 Å². The normalized spacial score (nSPS) is 24.8. The largest absolute Gasteiger partial charge is 0.490 e. The molecule has 2 atom stereocenters. The lowest BCUT2D eigenvalue weighted by atomic mass is 9.87. The molecule has 2 saturated carbocycles. The van der Waals surface area contributed by atoms with E-state index < -0.39 is 0 Å². The molecule has 2 aliphatic carbocycles. The summed E-state index contributed by atoms with van der Waals surface area (Å²) in [6.07, 6.45) is 7.19. The van der Waals surface area contributed by atoms with E-state index in [1.807, 2.05) is 6.07 Å². The van der Waals surface area contributed by atoms with Gasteiger partial charge in [-0.15, -0.1) is 0 Å². The molecule has 3 rings (SSSR count). The first-order valence-electron chi connectivity index (χ1n) is 8.54. The Hall–Kier alpha value is -1.26. The molecule has 126 valence electrons. The van der Waals surface area contributed by atoms with Gasteiger partial charge in [0.05, 0.1) is 22.8 Å². The maximum Gasteiger partial charge on any atom is 0.252 e. The van der Waals surface area contributed by atoms with Crippen molar-refractivity contribution in [2.45, 2.75) is 57.2 Å². The molecule has 2 fully saturated rings.